The van der Waals surface area contributed by atoms with Gasteiger partial charge in [-0.1, -0.05) is 27.7 Å². The molecule has 0 aliphatic heterocycles. The van der Waals surface area contributed by atoms with E-state index < -0.39 is 0 Å². The molecule has 0 aromatic rings. The maximum atomic E-state index is 12.4. The number of fused-ring (bicyclic) bond motifs is 10. The van der Waals surface area contributed by atoms with Crippen LogP contribution in [0, 0.1) is 69.0 Å². The Balaban J connectivity index is 0.000000137. The molecule has 4 heteroatoms. The van der Waals surface area contributed by atoms with Crippen LogP contribution in [0.1, 0.15) is 143 Å². The minimum absolute atomic E-state index is 0.00511. The number of rotatable bonds is 0. The van der Waals surface area contributed by atoms with Crippen LogP contribution in [0.4, 0.5) is 0 Å². The van der Waals surface area contributed by atoms with Crippen LogP contribution in [0.5, 0.6) is 0 Å². The number of hydrogen-bond acceptors (Lipinski definition) is 4. The molecule has 42 heavy (non-hydrogen) atoms. The van der Waals surface area contributed by atoms with Gasteiger partial charge in [0.2, 0.25) is 0 Å². The number of ketones is 4. The summed E-state index contributed by atoms with van der Waals surface area (Å²) < 4.78 is 0. The molecule has 4 nitrogen and oxygen atoms in total. The van der Waals surface area contributed by atoms with Crippen LogP contribution in [0.3, 0.4) is 0 Å². The van der Waals surface area contributed by atoms with Gasteiger partial charge in [-0.25, -0.2) is 0 Å². The number of Topliss-reactive ketones (excluding diaryl/α,β-unsaturated/α-hetero) is 4. The van der Waals surface area contributed by atoms with Gasteiger partial charge < -0.3 is 0 Å². The highest BCUT2D eigenvalue weighted by Crippen LogP contribution is 2.66. The first kappa shape index (κ1) is 29.4. The van der Waals surface area contributed by atoms with Crippen LogP contribution >= 0.6 is 0 Å². The van der Waals surface area contributed by atoms with Gasteiger partial charge in [-0.3, -0.25) is 19.2 Å². The fourth-order valence-electron chi connectivity index (χ4n) is 13.6. The first-order chi connectivity index (χ1) is 19.9. The van der Waals surface area contributed by atoms with E-state index >= 15 is 0 Å². The highest BCUT2D eigenvalue weighted by Gasteiger charge is 2.61. The lowest BCUT2D eigenvalue weighted by molar-refractivity contribution is -0.145. The summed E-state index contributed by atoms with van der Waals surface area (Å²) in [4.78, 5) is 48.4. The van der Waals surface area contributed by atoms with Gasteiger partial charge in [0.15, 0.2) is 0 Å². The van der Waals surface area contributed by atoms with Gasteiger partial charge in [0.1, 0.15) is 23.1 Å². The van der Waals surface area contributed by atoms with Gasteiger partial charge in [-0.05, 0) is 135 Å². The summed E-state index contributed by atoms with van der Waals surface area (Å²) in [6.45, 7) is 9.45. The molecule has 232 valence electrons. The molecule has 0 bridgehead atoms. The van der Waals surface area contributed by atoms with E-state index in [4.69, 9.17) is 0 Å². The molecule has 0 saturated heterocycles. The summed E-state index contributed by atoms with van der Waals surface area (Å²) >= 11 is 0. The molecule has 0 aromatic carbocycles. The van der Waals surface area contributed by atoms with Gasteiger partial charge in [0.25, 0.3) is 0 Å². The average molecular weight is 577 g/mol. The molecule has 8 rings (SSSR count). The molecule has 0 aromatic heterocycles. The van der Waals surface area contributed by atoms with Crippen molar-refractivity contribution in [3.05, 3.63) is 0 Å². The van der Waals surface area contributed by atoms with Crippen molar-refractivity contribution in [3.8, 4) is 0 Å². The maximum Gasteiger partial charge on any atom is 0.139 e. The number of hydrogen-bond donors (Lipinski definition) is 0. The van der Waals surface area contributed by atoms with Crippen molar-refractivity contribution in [1.82, 2.24) is 0 Å². The lowest BCUT2D eigenvalue weighted by atomic mass is 9.45. The van der Waals surface area contributed by atoms with Gasteiger partial charge in [-0.2, -0.15) is 0 Å². The third-order valence-electron chi connectivity index (χ3n) is 16.4. The van der Waals surface area contributed by atoms with Crippen LogP contribution in [-0.2, 0) is 19.2 Å². The van der Waals surface area contributed by atoms with Crippen molar-refractivity contribution in [3.63, 3.8) is 0 Å². The predicted octanol–water partition coefficient (Wildman–Crippen LogP) is 8.33. The summed E-state index contributed by atoms with van der Waals surface area (Å²) in [5.41, 5.74) is 0.747. The number of carbonyl (C=O) groups is 4. The molecular formula is C38H56O4. The molecule has 0 amide bonds. The van der Waals surface area contributed by atoms with Crippen molar-refractivity contribution >= 4 is 23.1 Å². The maximum absolute atomic E-state index is 12.4. The van der Waals surface area contributed by atoms with Crippen LogP contribution < -0.4 is 0 Å². The fourth-order valence-corrected chi connectivity index (χ4v) is 13.6. The highest BCUT2D eigenvalue weighted by molar-refractivity contribution is 5.87. The molecule has 8 saturated carbocycles. The fraction of sp³-hybridized carbons (Fsp3) is 0.895. The van der Waals surface area contributed by atoms with Crippen LogP contribution in [0.15, 0.2) is 0 Å². The zero-order valence-electron chi connectivity index (χ0n) is 27.0. The Morgan fingerprint density at radius 1 is 0.452 bits per heavy atom. The summed E-state index contributed by atoms with van der Waals surface area (Å²) in [6.07, 6.45) is 19.1. The molecule has 2 unspecified atom stereocenters. The zero-order chi connectivity index (χ0) is 29.7. The predicted molar refractivity (Wildman–Crippen MR) is 163 cm³/mol. The van der Waals surface area contributed by atoms with Gasteiger partial charge >= 0.3 is 0 Å². The Labute approximate surface area is 254 Å². The van der Waals surface area contributed by atoms with E-state index in [-0.39, 0.29) is 10.8 Å². The molecule has 8 fully saturated rings. The van der Waals surface area contributed by atoms with E-state index in [0.717, 1.165) is 101 Å². The second-order valence-corrected chi connectivity index (χ2v) is 17.6. The van der Waals surface area contributed by atoms with E-state index in [0.29, 0.717) is 57.6 Å². The Kier molecular flexibility index (Phi) is 7.07. The lowest BCUT2D eigenvalue weighted by Gasteiger charge is -2.59. The van der Waals surface area contributed by atoms with Crippen molar-refractivity contribution < 1.29 is 19.2 Å². The second kappa shape index (κ2) is 10.1. The molecule has 8 aliphatic rings. The summed E-state index contributed by atoms with van der Waals surface area (Å²) in [5.74, 6) is 7.64. The van der Waals surface area contributed by atoms with Crippen LogP contribution in [0.25, 0.3) is 0 Å². The molecule has 12 atom stereocenters. The minimum Gasteiger partial charge on any atom is -0.300 e. The normalized spacial score (nSPS) is 53.0. The third kappa shape index (κ3) is 4.18. The minimum atomic E-state index is -0.00511. The van der Waals surface area contributed by atoms with Crippen LogP contribution in [0.2, 0.25) is 0 Å². The van der Waals surface area contributed by atoms with Crippen molar-refractivity contribution in [2.75, 3.05) is 0 Å². The molecule has 0 radical (unpaired) electrons. The van der Waals surface area contributed by atoms with Gasteiger partial charge in [0, 0.05) is 49.4 Å². The molecule has 0 spiro atoms. The summed E-state index contributed by atoms with van der Waals surface area (Å²) in [5, 5.41) is 0. The summed E-state index contributed by atoms with van der Waals surface area (Å²) in [7, 11) is 0. The molecule has 0 N–H and O–H groups in total. The van der Waals surface area contributed by atoms with E-state index in [1.165, 1.54) is 38.5 Å². The summed E-state index contributed by atoms with van der Waals surface area (Å²) in [6, 6.07) is 0. The Morgan fingerprint density at radius 2 is 0.857 bits per heavy atom. The smallest absolute Gasteiger partial charge is 0.139 e. The van der Waals surface area contributed by atoms with Crippen LogP contribution in [-0.4, -0.2) is 23.1 Å². The van der Waals surface area contributed by atoms with E-state index in [2.05, 4.69) is 27.7 Å². The quantitative estimate of drug-likeness (QED) is 0.291. The molecule has 0 heterocycles. The Hall–Kier alpha value is -1.32. The van der Waals surface area contributed by atoms with E-state index in [1.54, 1.807) is 0 Å². The average Bonchev–Trinajstić information content (AvgIpc) is 3.44. The molecule has 8 aliphatic carbocycles. The Bertz CT molecular complexity index is 1080. The topological polar surface area (TPSA) is 68.3 Å². The van der Waals surface area contributed by atoms with E-state index in [1.807, 2.05) is 0 Å². The van der Waals surface area contributed by atoms with Crippen molar-refractivity contribution in [2.45, 2.75) is 143 Å². The van der Waals surface area contributed by atoms with Crippen molar-refractivity contribution in [1.29, 1.82) is 0 Å². The van der Waals surface area contributed by atoms with E-state index in [9.17, 15) is 19.2 Å². The standard InChI is InChI=1S/2C19H28O2/c2*1-18-9-7-13(20)11-12(18)3-4-14-15-5-6-17(21)19(15,2)10-8-16(14)18/h2*12,14-16H,3-11H2,1-2H3/t2*12?,14-,15-,16-,18-,19-/m00/s1. The van der Waals surface area contributed by atoms with Gasteiger partial charge in [-0.15, -0.1) is 0 Å². The SMILES string of the molecule is C[C@]12CCC(=O)CC1CC[C@@H]1[C@@H]2CC[C@]2(C)C(=O)CC[C@@H]12.C[C@]12CCC(=O)CC1CC[C@@H]1[C@@H]2CC[C@]2(C)C(=O)CC[C@@H]12. The van der Waals surface area contributed by atoms with Gasteiger partial charge in [0.05, 0.1) is 0 Å². The lowest BCUT2D eigenvalue weighted by Crippen LogP contribution is -2.53. The first-order valence-electron chi connectivity index (χ1n) is 18.0. The Morgan fingerprint density at radius 3 is 1.26 bits per heavy atom. The number of carbonyl (C=O) groups excluding carboxylic acids is 4. The van der Waals surface area contributed by atoms with Crippen molar-refractivity contribution in [2.24, 2.45) is 69.0 Å². The molecular weight excluding hydrogens is 520 g/mol. The monoisotopic (exact) mass is 576 g/mol. The second-order valence-electron chi connectivity index (χ2n) is 17.6. The zero-order valence-corrected chi connectivity index (χ0v) is 27.0. The highest BCUT2D eigenvalue weighted by atomic mass is 16.1. The first-order valence-corrected chi connectivity index (χ1v) is 18.0. The largest absolute Gasteiger partial charge is 0.300 e. The third-order valence-corrected chi connectivity index (χ3v) is 16.4.